The summed E-state index contributed by atoms with van der Waals surface area (Å²) in [6.07, 6.45) is 2.38. The average molecular weight is 410 g/mol. The van der Waals surface area contributed by atoms with Gasteiger partial charge in [-0.25, -0.2) is 4.79 Å². The summed E-state index contributed by atoms with van der Waals surface area (Å²) in [5.41, 5.74) is 6.40. The highest BCUT2D eigenvalue weighted by atomic mass is 32.2. The third-order valence-electron chi connectivity index (χ3n) is 3.82. The Kier molecular flexibility index (Phi) is 11.0. The SMILES string of the molecule is C[C@@H](N)C(=O)NCC(Cc1ccccc1)SCCCCNC(=O)OC(C)(C)C. The molecule has 0 saturated heterocycles. The van der Waals surface area contributed by atoms with Crippen molar-refractivity contribution in [2.75, 3.05) is 18.8 Å². The topological polar surface area (TPSA) is 93.5 Å². The molecule has 158 valence electrons. The Morgan fingerprint density at radius 3 is 2.43 bits per heavy atom. The van der Waals surface area contributed by atoms with Crippen LogP contribution in [0.4, 0.5) is 4.79 Å². The van der Waals surface area contributed by atoms with E-state index in [0.717, 1.165) is 25.0 Å². The minimum Gasteiger partial charge on any atom is -0.444 e. The van der Waals surface area contributed by atoms with E-state index in [4.69, 9.17) is 10.5 Å². The normalized spacial score (nSPS) is 13.5. The van der Waals surface area contributed by atoms with Gasteiger partial charge in [-0.1, -0.05) is 30.3 Å². The number of alkyl carbamates (subject to hydrolysis) is 1. The van der Waals surface area contributed by atoms with Crippen LogP contribution in [0.25, 0.3) is 0 Å². The summed E-state index contributed by atoms with van der Waals surface area (Å²) in [5, 5.41) is 5.99. The van der Waals surface area contributed by atoms with Crippen molar-refractivity contribution >= 4 is 23.8 Å². The van der Waals surface area contributed by atoms with Gasteiger partial charge in [-0.3, -0.25) is 4.79 Å². The molecule has 28 heavy (non-hydrogen) atoms. The lowest BCUT2D eigenvalue weighted by atomic mass is 10.1. The van der Waals surface area contributed by atoms with Gasteiger partial charge in [-0.2, -0.15) is 11.8 Å². The van der Waals surface area contributed by atoms with Gasteiger partial charge in [0.25, 0.3) is 0 Å². The summed E-state index contributed by atoms with van der Waals surface area (Å²) in [6, 6.07) is 9.76. The summed E-state index contributed by atoms with van der Waals surface area (Å²) >= 11 is 1.84. The second kappa shape index (κ2) is 12.7. The number of thioether (sulfide) groups is 1. The highest BCUT2D eigenvalue weighted by molar-refractivity contribution is 7.99. The van der Waals surface area contributed by atoms with E-state index in [0.29, 0.717) is 13.1 Å². The lowest BCUT2D eigenvalue weighted by Gasteiger charge is -2.20. The quantitative estimate of drug-likeness (QED) is 0.488. The number of amides is 2. The van der Waals surface area contributed by atoms with Gasteiger partial charge in [0.05, 0.1) is 6.04 Å². The Hall–Kier alpha value is -1.73. The van der Waals surface area contributed by atoms with E-state index in [2.05, 4.69) is 22.8 Å². The molecule has 1 unspecified atom stereocenters. The van der Waals surface area contributed by atoms with Gasteiger partial charge >= 0.3 is 6.09 Å². The molecule has 1 aromatic carbocycles. The van der Waals surface area contributed by atoms with Crippen LogP contribution in [0, 0.1) is 0 Å². The largest absolute Gasteiger partial charge is 0.444 e. The van der Waals surface area contributed by atoms with Crippen molar-refractivity contribution in [1.82, 2.24) is 10.6 Å². The van der Waals surface area contributed by atoms with E-state index in [1.165, 1.54) is 5.56 Å². The fraction of sp³-hybridized carbons (Fsp3) is 0.619. The predicted molar refractivity (Wildman–Crippen MR) is 117 cm³/mol. The van der Waals surface area contributed by atoms with E-state index < -0.39 is 11.6 Å². The molecule has 1 aromatic rings. The van der Waals surface area contributed by atoms with Gasteiger partial charge in [0.15, 0.2) is 0 Å². The van der Waals surface area contributed by atoms with Crippen LogP contribution in [-0.2, 0) is 16.0 Å². The first kappa shape index (κ1) is 24.3. The number of carbonyl (C=O) groups is 2. The predicted octanol–water partition coefficient (Wildman–Crippen LogP) is 3.10. The van der Waals surface area contributed by atoms with Gasteiger partial charge in [0.1, 0.15) is 5.60 Å². The first-order valence-corrected chi connectivity index (χ1v) is 10.9. The maximum absolute atomic E-state index is 11.8. The summed E-state index contributed by atoms with van der Waals surface area (Å²) in [5.74, 6) is 0.835. The number of hydrogen-bond acceptors (Lipinski definition) is 5. The first-order valence-electron chi connectivity index (χ1n) is 9.83. The van der Waals surface area contributed by atoms with Crippen molar-refractivity contribution in [3.8, 4) is 0 Å². The van der Waals surface area contributed by atoms with Gasteiger partial charge < -0.3 is 21.1 Å². The van der Waals surface area contributed by atoms with E-state index in [1.807, 2.05) is 50.7 Å². The number of benzene rings is 1. The van der Waals surface area contributed by atoms with Crippen LogP contribution < -0.4 is 16.4 Å². The Labute approximate surface area is 173 Å². The summed E-state index contributed by atoms with van der Waals surface area (Å²) in [7, 11) is 0. The molecule has 0 heterocycles. The van der Waals surface area contributed by atoms with Crippen LogP contribution in [0.2, 0.25) is 0 Å². The minimum atomic E-state index is -0.499. The highest BCUT2D eigenvalue weighted by Gasteiger charge is 2.16. The van der Waals surface area contributed by atoms with Crippen molar-refractivity contribution in [3.63, 3.8) is 0 Å². The van der Waals surface area contributed by atoms with Gasteiger partial charge in [-0.15, -0.1) is 0 Å². The second-order valence-corrected chi connectivity index (χ2v) is 9.26. The molecule has 6 nitrogen and oxygen atoms in total. The lowest BCUT2D eigenvalue weighted by Crippen LogP contribution is -2.41. The van der Waals surface area contributed by atoms with Gasteiger partial charge in [-0.05, 0) is 58.3 Å². The molecule has 0 spiro atoms. The standard InChI is InChI=1S/C21H35N3O3S/c1-16(22)19(25)24-15-18(14-17-10-6-5-7-11-17)28-13-9-8-12-23-20(26)27-21(2,3)4/h5-7,10-11,16,18H,8-9,12-15,22H2,1-4H3,(H,23,26)(H,24,25)/t16-,18?/m1/s1. The number of hydrogen-bond donors (Lipinski definition) is 3. The van der Waals surface area contributed by atoms with E-state index in [1.54, 1.807) is 6.92 Å². The number of rotatable bonds is 11. The minimum absolute atomic E-state index is 0.125. The monoisotopic (exact) mass is 409 g/mol. The highest BCUT2D eigenvalue weighted by Crippen LogP contribution is 2.18. The van der Waals surface area contributed by atoms with Gasteiger partial charge in [0, 0.05) is 18.3 Å². The van der Waals surface area contributed by atoms with Crippen molar-refractivity contribution in [3.05, 3.63) is 35.9 Å². The number of carbonyl (C=O) groups excluding carboxylic acids is 2. The molecule has 0 aromatic heterocycles. The lowest BCUT2D eigenvalue weighted by molar-refractivity contribution is -0.121. The summed E-state index contributed by atoms with van der Waals surface area (Å²) in [4.78, 5) is 23.4. The third-order valence-corrected chi connectivity index (χ3v) is 5.15. The number of nitrogens with two attached hydrogens (primary N) is 1. The van der Waals surface area contributed by atoms with E-state index in [-0.39, 0.29) is 17.3 Å². The van der Waals surface area contributed by atoms with Crippen molar-refractivity contribution in [2.24, 2.45) is 5.73 Å². The molecular formula is C21H35N3O3S. The van der Waals surface area contributed by atoms with Crippen molar-refractivity contribution in [1.29, 1.82) is 0 Å². The Balaban J connectivity index is 2.34. The molecule has 0 aliphatic rings. The van der Waals surface area contributed by atoms with Crippen molar-refractivity contribution < 1.29 is 14.3 Å². The second-order valence-electron chi connectivity index (χ2n) is 7.85. The Morgan fingerprint density at radius 2 is 1.82 bits per heavy atom. The molecule has 0 fully saturated rings. The molecule has 0 radical (unpaired) electrons. The summed E-state index contributed by atoms with van der Waals surface area (Å²) in [6.45, 7) is 8.42. The zero-order valence-electron chi connectivity index (χ0n) is 17.5. The fourth-order valence-electron chi connectivity index (χ4n) is 2.42. The first-order chi connectivity index (χ1) is 13.2. The average Bonchev–Trinajstić information content (AvgIpc) is 2.61. The third kappa shape index (κ3) is 11.9. The zero-order chi connectivity index (χ0) is 21.0. The molecule has 7 heteroatoms. The van der Waals surface area contributed by atoms with Crippen LogP contribution in [0.15, 0.2) is 30.3 Å². The fourth-order valence-corrected chi connectivity index (χ4v) is 3.64. The van der Waals surface area contributed by atoms with Crippen LogP contribution in [0.1, 0.15) is 46.1 Å². The number of nitrogens with one attached hydrogen (secondary N) is 2. The van der Waals surface area contributed by atoms with Crippen LogP contribution in [0.3, 0.4) is 0 Å². The Morgan fingerprint density at radius 1 is 1.14 bits per heavy atom. The molecular weight excluding hydrogens is 374 g/mol. The molecule has 4 N–H and O–H groups in total. The van der Waals surface area contributed by atoms with E-state index >= 15 is 0 Å². The molecule has 2 amide bonds. The molecule has 0 aliphatic heterocycles. The van der Waals surface area contributed by atoms with Crippen LogP contribution >= 0.6 is 11.8 Å². The maximum atomic E-state index is 11.8. The smallest absolute Gasteiger partial charge is 0.407 e. The number of unbranched alkanes of at least 4 members (excludes halogenated alkanes) is 1. The molecule has 2 atom stereocenters. The summed E-state index contributed by atoms with van der Waals surface area (Å²) < 4.78 is 5.22. The maximum Gasteiger partial charge on any atom is 0.407 e. The molecule has 1 rings (SSSR count). The number of ether oxygens (including phenoxy) is 1. The molecule has 0 saturated carbocycles. The van der Waals surface area contributed by atoms with Crippen LogP contribution in [-0.4, -0.2) is 47.7 Å². The Bertz CT molecular complexity index is 588. The molecule has 0 bridgehead atoms. The van der Waals surface area contributed by atoms with E-state index in [9.17, 15) is 9.59 Å². The van der Waals surface area contributed by atoms with Crippen molar-refractivity contribution in [2.45, 2.75) is 63.9 Å². The van der Waals surface area contributed by atoms with Gasteiger partial charge in [0.2, 0.25) is 5.91 Å². The molecule has 0 aliphatic carbocycles. The zero-order valence-corrected chi connectivity index (χ0v) is 18.3. The van der Waals surface area contributed by atoms with Crippen LogP contribution in [0.5, 0.6) is 0 Å².